The SMILES string of the molecule is Cc1ccccc1NC(=O)NC1C[C@H]2CCC[C@H](C1)N2Cc1ccco1. The average Bonchev–Trinajstić information content (AvgIpc) is 3.11. The summed E-state index contributed by atoms with van der Waals surface area (Å²) < 4.78 is 5.55. The third-order valence-electron chi connectivity index (χ3n) is 5.77. The van der Waals surface area contributed by atoms with Crippen molar-refractivity contribution in [3.63, 3.8) is 0 Å². The smallest absolute Gasteiger partial charge is 0.319 e. The maximum absolute atomic E-state index is 12.4. The lowest BCUT2D eigenvalue weighted by atomic mass is 9.81. The van der Waals surface area contributed by atoms with E-state index in [0.717, 1.165) is 36.4 Å². The predicted molar refractivity (Wildman–Crippen MR) is 102 cm³/mol. The van der Waals surface area contributed by atoms with Gasteiger partial charge in [-0.2, -0.15) is 0 Å². The van der Waals surface area contributed by atoms with Crippen LogP contribution in [0.15, 0.2) is 47.1 Å². The van der Waals surface area contributed by atoms with E-state index in [4.69, 9.17) is 4.42 Å². The maximum Gasteiger partial charge on any atom is 0.319 e. The Balaban J connectivity index is 1.36. The molecule has 0 aliphatic carbocycles. The summed E-state index contributed by atoms with van der Waals surface area (Å²) in [5, 5.41) is 6.19. The van der Waals surface area contributed by atoms with Crippen LogP contribution in [0, 0.1) is 6.92 Å². The molecule has 3 heterocycles. The highest BCUT2D eigenvalue weighted by Crippen LogP contribution is 2.35. The Hall–Kier alpha value is -2.27. The molecule has 2 N–H and O–H groups in total. The van der Waals surface area contributed by atoms with E-state index in [9.17, 15) is 4.79 Å². The fourth-order valence-electron chi connectivity index (χ4n) is 4.49. The zero-order valence-corrected chi connectivity index (χ0v) is 15.3. The number of anilines is 1. The van der Waals surface area contributed by atoms with Crippen LogP contribution in [0.5, 0.6) is 0 Å². The van der Waals surface area contributed by atoms with Gasteiger partial charge in [-0.1, -0.05) is 24.6 Å². The number of carbonyl (C=O) groups excluding carboxylic acids is 1. The van der Waals surface area contributed by atoms with Crippen molar-refractivity contribution in [2.45, 2.75) is 63.7 Å². The molecule has 2 bridgehead atoms. The van der Waals surface area contributed by atoms with Gasteiger partial charge < -0.3 is 15.1 Å². The predicted octanol–water partition coefficient (Wildman–Crippen LogP) is 4.30. The summed E-state index contributed by atoms with van der Waals surface area (Å²) >= 11 is 0. The van der Waals surface area contributed by atoms with E-state index in [2.05, 4.69) is 21.6 Å². The molecule has 0 unspecified atom stereocenters. The number of urea groups is 1. The maximum atomic E-state index is 12.4. The van der Waals surface area contributed by atoms with E-state index in [0.29, 0.717) is 12.1 Å². The van der Waals surface area contributed by atoms with Crippen LogP contribution < -0.4 is 10.6 Å². The molecule has 5 nitrogen and oxygen atoms in total. The number of hydrogen-bond acceptors (Lipinski definition) is 3. The number of hydrogen-bond donors (Lipinski definition) is 2. The van der Waals surface area contributed by atoms with Crippen molar-refractivity contribution in [2.24, 2.45) is 0 Å². The molecule has 0 radical (unpaired) electrons. The van der Waals surface area contributed by atoms with Crippen molar-refractivity contribution >= 4 is 11.7 Å². The van der Waals surface area contributed by atoms with Gasteiger partial charge in [0.05, 0.1) is 12.8 Å². The number of piperidine rings is 2. The number of amides is 2. The zero-order valence-electron chi connectivity index (χ0n) is 15.3. The van der Waals surface area contributed by atoms with Crippen molar-refractivity contribution in [3.8, 4) is 0 Å². The number of nitrogens with one attached hydrogen (secondary N) is 2. The minimum Gasteiger partial charge on any atom is -0.468 e. The van der Waals surface area contributed by atoms with Gasteiger partial charge in [-0.05, 0) is 56.4 Å². The second-order valence-electron chi connectivity index (χ2n) is 7.57. The van der Waals surface area contributed by atoms with Crippen molar-refractivity contribution in [2.75, 3.05) is 5.32 Å². The summed E-state index contributed by atoms with van der Waals surface area (Å²) in [5.41, 5.74) is 1.95. The normalized spacial score (nSPS) is 25.7. The minimum atomic E-state index is -0.0955. The van der Waals surface area contributed by atoms with Crippen LogP contribution in [0.1, 0.15) is 43.4 Å². The Morgan fingerprint density at radius 3 is 2.62 bits per heavy atom. The van der Waals surface area contributed by atoms with Crippen LogP contribution in [0.2, 0.25) is 0 Å². The highest BCUT2D eigenvalue weighted by Gasteiger charge is 2.38. The first-order chi connectivity index (χ1) is 12.7. The van der Waals surface area contributed by atoms with E-state index in [1.54, 1.807) is 6.26 Å². The second kappa shape index (κ2) is 7.54. The van der Waals surface area contributed by atoms with Crippen LogP contribution >= 0.6 is 0 Å². The number of fused-ring (bicyclic) bond motifs is 2. The summed E-state index contributed by atoms with van der Waals surface area (Å²) in [6, 6.07) is 13.1. The molecule has 2 amide bonds. The largest absolute Gasteiger partial charge is 0.468 e. The standard InChI is InChI=1S/C21H27N3O2/c1-15-6-2-3-10-20(15)23-21(25)22-16-12-17-7-4-8-18(13-16)24(17)14-19-9-5-11-26-19/h2-3,5-6,9-11,16-18H,4,7-8,12-14H2,1H3,(H2,22,23,25)/t17-,18-/m1/s1. The van der Waals surface area contributed by atoms with Gasteiger partial charge in [0.25, 0.3) is 0 Å². The Bertz CT molecular complexity index is 729. The molecule has 2 aliphatic rings. The first kappa shape index (κ1) is 17.2. The number of benzene rings is 1. The van der Waals surface area contributed by atoms with Gasteiger partial charge in [0.1, 0.15) is 5.76 Å². The molecule has 2 saturated heterocycles. The molecule has 1 aromatic carbocycles. The topological polar surface area (TPSA) is 57.5 Å². The van der Waals surface area contributed by atoms with Crippen LogP contribution in [-0.2, 0) is 6.54 Å². The molecule has 2 aromatic rings. The number of aryl methyl sites for hydroxylation is 1. The van der Waals surface area contributed by atoms with Crippen molar-refractivity contribution < 1.29 is 9.21 Å². The first-order valence-electron chi connectivity index (χ1n) is 9.60. The summed E-state index contributed by atoms with van der Waals surface area (Å²) in [4.78, 5) is 15.0. The molecule has 0 spiro atoms. The van der Waals surface area contributed by atoms with Gasteiger partial charge in [-0.15, -0.1) is 0 Å². The van der Waals surface area contributed by atoms with Gasteiger partial charge in [0, 0.05) is 23.8 Å². The van der Waals surface area contributed by atoms with E-state index in [-0.39, 0.29) is 12.1 Å². The third-order valence-corrected chi connectivity index (χ3v) is 5.77. The van der Waals surface area contributed by atoms with Gasteiger partial charge in [-0.25, -0.2) is 4.79 Å². The van der Waals surface area contributed by atoms with E-state index in [1.807, 2.05) is 37.3 Å². The van der Waals surface area contributed by atoms with E-state index >= 15 is 0 Å². The Morgan fingerprint density at radius 2 is 1.92 bits per heavy atom. The highest BCUT2D eigenvalue weighted by molar-refractivity contribution is 5.90. The molecule has 0 saturated carbocycles. The van der Waals surface area contributed by atoms with Crippen LogP contribution in [0.3, 0.4) is 0 Å². The summed E-state index contributed by atoms with van der Waals surface area (Å²) in [5.74, 6) is 1.03. The monoisotopic (exact) mass is 353 g/mol. The summed E-state index contributed by atoms with van der Waals surface area (Å²) in [6.07, 6.45) is 7.46. The number of carbonyl (C=O) groups is 1. The summed E-state index contributed by atoms with van der Waals surface area (Å²) in [7, 11) is 0. The lowest BCUT2D eigenvalue weighted by Crippen LogP contribution is -2.56. The first-order valence-corrected chi connectivity index (χ1v) is 9.60. The highest BCUT2D eigenvalue weighted by atomic mass is 16.3. The second-order valence-corrected chi connectivity index (χ2v) is 7.57. The van der Waals surface area contributed by atoms with Crippen LogP contribution in [-0.4, -0.2) is 29.1 Å². The molecular formula is C21H27N3O2. The minimum absolute atomic E-state index is 0.0955. The molecule has 2 atom stereocenters. The van der Waals surface area contributed by atoms with E-state index in [1.165, 1.54) is 19.3 Å². The number of nitrogens with zero attached hydrogens (tertiary/aromatic N) is 1. The third kappa shape index (κ3) is 3.78. The lowest BCUT2D eigenvalue weighted by molar-refractivity contribution is 0.0150. The molecule has 2 fully saturated rings. The Morgan fingerprint density at radius 1 is 1.15 bits per heavy atom. The molecule has 4 rings (SSSR count). The van der Waals surface area contributed by atoms with Gasteiger partial charge in [0.15, 0.2) is 0 Å². The molecule has 138 valence electrons. The fourth-order valence-corrected chi connectivity index (χ4v) is 4.49. The van der Waals surface area contributed by atoms with Gasteiger partial charge >= 0.3 is 6.03 Å². The van der Waals surface area contributed by atoms with Crippen molar-refractivity contribution in [3.05, 3.63) is 54.0 Å². The molecular weight excluding hydrogens is 326 g/mol. The Kier molecular flexibility index (Phi) is 4.98. The molecule has 26 heavy (non-hydrogen) atoms. The lowest BCUT2D eigenvalue weighted by Gasteiger charge is -2.48. The Labute approximate surface area is 154 Å². The molecule has 1 aromatic heterocycles. The quantitative estimate of drug-likeness (QED) is 0.862. The molecule has 5 heteroatoms. The fraction of sp³-hybridized carbons (Fsp3) is 0.476. The van der Waals surface area contributed by atoms with Crippen LogP contribution in [0.4, 0.5) is 10.5 Å². The number of furan rings is 1. The summed E-state index contributed by atoms with van der Waals surface area (Å²) in [6.45, 7) is 2.89. The van der Waals surface area contributed by atoms with Crippen molar-refractivity contribution in [1.82, 2.24) is 10.2 Å². The number of rotatable bonds is 4. The van der Waals surface area contributed by atoms with Gasteiger partial charge in [0.2, 0.25) is 0 Å². The molecule has 2 aliphatic heterocycles. The van der Waals surface area contributed by atoms with Crippen LogP contribution in [0.25, 0.3) is 0 Å². The number of para-hydroxylation sites is 1. The van der Waals surface area contributed by atoms with Gasteiger partial charge in [-0.3, -0.25) is 4.90 Å². The van der Waals surface area contributed by atoms with E-state index < -0.39 is 0 Å². The van der Waals surface area contributed by atoms with Crippen molar-refractivity contribution in [1.29, 1.82) is 0 Å². The average molecular weight is 353 g/mol. The zero-order chi connectivity index (χ0) is 17.9.